The topological polar surface area (TPSA) is 58.6 Å². The van der Waals surface area contributed by atoms with Crippen molar-refractivity contribution in [3.05, 3.63) is 59.2 Å². The molecule has 2 amide bonds. The Bertz CT molecular complexity index is 1130. The molecule has 1 aliphatic carbocycles. The van der Waals surface area contributed by atoms with Crippen LogP contribution in [0, 0.1) is 0 Å². The van der Waals surface area contributed by atoms with Crippen molar-refractivity contribution in [2.45, 2.75) is 89.5 Å². The standard InChI is InChI=1S/C29H35F3N2O3/c1-4-5-11-16-34-24-17-21(22(29(30,31)32)18-25(24)37-28(2,3)27(34)36)26(35)33-23-15-10-9-14-20(23)19-12-7-6-8-13-19/h6-8,12-13,17-18,20,23H,4-5,9-11,14-16H2,1-3H3,(H,33,35)/t20-,23+/m0/s1. The predicted octanol–water partition coefficient (Wildman–Crippen LogP) is 6.86. The molecule has 0 radical (unpaired) electrons. The van der Waals surface area contributed by atoms with E-state index >= 15 is 0 Å². The minimum absolute atomic E-state index is 0.0297. The Kier molecular flexibility index (Phi) is 7.85. The van der Waals surface area contributed by atoms with Crippen LogP contribution in [0.25, 0.3) is 0 Å². The van der Waals surface area contributed by atoms with Gasteiger partial charge in [0.05, 0.1) is 16.8 Å². The zero-order chi connectivity index (χ0) is 26.8. The van der Waals surface area contributed by atoms with Gasteiger partial charge in [0.25, 0.3) is 11.8 Å². The van der Waals surface area contributed by atoms with Crippen LogP contribution in [-0.4, -0.2) is 30.0 Å². The quantitative estimate of drug-likeness (QED) is 0.409. The smallest absolute Gasteiger partial charge is 0.417 e. The Morgan fingerprint density at radius 3 is 2.49 bits per heavy atom. The molecule has 0 bridgehead atoms. The first-order valence-electron chi connectivity index (χ1n) is 13.1. The van der Waals surface area contributed by atoms with Crippen molar-refractivity contribution < 1.29 is 27.5 Å². The number of hydrogen-bond donors (Lipinski definition) is 1. The Balaban J connectivity index is 1.71. The zero-order valence-corrected chi connectivity index (χ0v) is 21.7. The number of carbonyl (C=O) groups excluding carboxylic acids is 2. The van der Waals surface area contributed by atoms with E-state index in [1.54, 1.807) is 13.8 Å². The molecule has 5 nitrogen and oxygen atoms in total. The number of alkyl halides is 3. The highest BCUT2D eigenvalue weighted by molar-refractivity contribution is 6.05. The summed E-state index contributed by atoms with van der Waals surface area (Å²) in [5.74, 6) is -1.13. The van der Waals surface area contributed by atoms with Crippen molar-refractivity contribution in [3.63, 3.8) is 0 Å². The third kappa shape index (κ3) is 5.78. The average molecular weight is 517 g/mol. The first kappa shape index (κ1) is 27.0. The molecule has 4 rings (SSSR count). The van der Waals surface area contributed by atoms with Crippen molar-refractivity contribution in [2.24, 2.45) is 0 Å². The van der Waals surface area contributed by atoms with Gasteiger partial charge in [-0.15, -0.1) is 0 Å². The molecule has 1 N–H and O–H groups in total. The number of carbonyl (C=O) groups is 2. The second-order valence-electron chi connectivity index (χ2n) is 10.5. The van der Waals surface area contributed by atoms with Crippen LogP contribution >= 0.6 is 0 Å². The van der Waals surface area contributed by atoms with E-state index < -0.39 is 28.8 Å². The van der Waals surface area contributed by atoms with Crippen LogP contribution in [0.4, 0.5) is 18.9 Å². The van der Waals surface area contributed by atoms with Gasteiger partial charge < -0.3 is 15.0 Å². The molecule has 200 valence electrons. The fraction of sp³-hybridized carbons (Fsp3) is 0.517. The summed E-state index contributed by atoms with van der Waals surface area (Å²) in [5.41, 5.74) is -1.58. The summed E-state index contributed by atoms with van der Waals surface area (Å²) < 4.78 is 48.3. The number of nitrogens with zero attached hydrogens (tertiary/aromatic N) is 1. The van der Waals surface area contributed by atoms with E-state index in [9.17, 15) is 22.8 Å². The molecule has 37 heavy (non-hydrogen) atoms. The molecular formula is C29H35F3N2O3. The Morgan fingerprint density at radius 1 is 1.11 bits per heavy atom. The molecule has 0 aromatic heterocycles. The lowest BCUT2D eigenvalue weighted by molar-refractivity contribution is -0.138. The molecule has 1 saturated carbocycles. The maximum Gasteiger partial charge on any atom is 0.417 e. The summed E-state index contributed by atoms with van der Waals surface area (Å²) in [6, 6.07) is 11.5. The molecular weight excluding hydrogens is 481 g/mol. The first-order valence-corrected chi connectivity index (χ1v) is 13.1. The van der Waals surface area contributed by atoms with E-state index in [0.717, 1.165) is 43.7 Å². The lowest BCUT2D eigenvalue weighted by atomic mass is 9.80. The van der Waals surface area contributed by atoms with Gasteiger partial charge in [0.2, 0.25) is 0 Å². The summed E-state index contributed by atoms with van der Waals surface area (Å²) in [4.78, 5) is 28.1. The van der Waals surface area contributed by atoms with E-state index in [1.807, 2.05) is 37.3 Å². The van der Waals surface area contributed by atoms with Crippen molar-refractivity contribution in [2.75, 3.05) is 11.4 Å². The van der Waals surface area contributed by atoms with Crippen LogP contribution in [-0.2, 0) is 11.0 Å². The monoisotopic (exact) mass is 516 g/mol. The van der Waals surface area contributed by atoms with Gasteiger partial charge in [-0.3, -0.25) is 9.59 Å². The normalized spacial score (nSPS) is 21.2. The van der Waals surface area contributed by atoms with E-state index in [2.05, 4.69) is 5.32 Å². The second-order valence-corrected chi connectivity index (χ2v) is 10.5. The van der Waals surface area contributed by atoms with Gasteiger partial charge in [0.15, 0.2) is 5.60 Å². The van der Waals surface area contributed by atoms with Crippen molar-refractivity contribution in [1.82, 2.24) is 5.32 Å². The average Bonchev–Trinajstić information content (AvgIpc) is 2.86. The molecule has 0 spiro atoms. The molecule has 2 atom stereocenters. The lowest BCUT2D eigenvalue weighted by Crippen LogP contribution is -2.53. The van der Waals surface area contributed by atoms with Gasteiger partial charge in [-0.25, -0.2) is 0 Å². The van der Waals surface area contributed by atoms with E-state index in [0.29, 0.717) is 19.4 Å². The molecule has 8 heteroatoms. The van der Waals surface area contributed by atoms with E-state index in [1.165, 1.54) is 11.0 Å². The highest BCUT2D eigenvalue weighted by Crippen LogP contribution is 2.44. The number of hydrogen-bond acceptors (Lipinski definition) is 3. The third-order valence-corrected chi connectivity index (χ3v) is 7.36. The highest BCUT2D eigenvalue weighted by Gasteiger charge is 2.44. The van der Waals surface area contributed by atoms with Crippen molar-refractivity contribution >= 4 is 17.5 Å². The first-order chi connectivity index (χ1) is 17.5. The number of fused-ring (bicyclic) bond motifs is 1. The summed E-state index contributed by atoms with van der Waals surface area (Å²) >= 11 is 0. The fourth-order valence-electron chi connectivity index (χ4n) is 5.43. The number of rotatable bonds is 7. The van der Waals surface area contributed by atoms with Crippen LogP contribution in [0.1, 0.15) is 93.1 Å². The van der Waals surface area contributed by atoms with Gasteiger partial charge >= 0.3 is 6.18 Å². The number of unbranched alkanes of at least 4 members (excludes halogenated alkanes) is 2. The molecule has 1 aliphatic heterocycles. The third-order valence-electron chi connectivity index (χ3n) is 7.36. The van der Waals surface area contributed by atoms with Crippen LogP contribution in [0.3, 0.4) is 0 Å². The second kappa shape index (κ2) is 10.8. The molecule has 1 heterocycles. The van der Waals surface area contributed by atoms with E-state index in [-0.39, 0.29) is 29.3 Å². The number of anilines is 1. The molecule has 1 fully saturated rings. The van der Waals surface area contributed by atoms with Crippen LogP contribution in [0.15, 0.2) is 42.5 Å². The number of nitrogens with one attached hydrogen (secondary N) is 1. The number of ether oxygens (including phenoxy) is 1. The number of amides is 2. The predicted molar refractivity (Wildman–Crippen MR) is 137 cm³/mol. The summed E-state index contributed by atoms with van der Waals surface area (Å²) in [7, 11) is 0. The van der Waals surface area contributed by atoms with Gasteiger partial charge in [0.1, 0.15) is 5.75 Å². The Morgan fingerprint density at radius 2 is 1.81 bits per heavy atom. The van der Waals surface area contributed by atoms with Crippen molar-refractivity contribution in [3.8, 4) is 5.75 Å². The number of benzene rings is 2. The molecule has 2 aliphatic rings. The molecule has 0 saturated heterocycles. The maximum absolute atomic E-state index is 14.2. The minimum atomic E-state index is -4.77. The van der Waals surface area contributed by atoms with Gasteiger partial charge in [-0.1, -0.05) is 62.9 Å². The molecule has 0 unspecified atom stereocenters. The van der Waals surface area contributed by atoms with E-state index in [4.69, 9.17) is 4.74 Å². The lowest BCUT2D eigenvalue weighted by Gasteiger charge is -2.39. The van der Waals surface area contributed by atoms with Crippen LogP contribution in [0.2, 0.25) is 0 Å². The van der Waals surface area contributed by atoms with Gasteiger partial charge in [0, 0.05) is 18.5 Å². The fourth-order valence-corrected chi connectivity index (χ4v) is 5.43. The largest absolute Gasteiger partial charge is 0.476 e. The highest BCUT2D eigenvalue weighted by atomic mass is 19.4. The Hall–Kier alpha value is -3.03. The molecule has 2 aromatic rings. The summed E-state index contributed by atoms with van der Waals surface area (Å²) in [6.07, 6.45) is 1.17. The van der Waals surface area contributed by atoms with Crippen LogP contribution in [0.5, 0.6) is 5.75 Å². The SMILES string of the molecule is CCCCCN1C(=O)C(C)(C)Oc2cc(C(F)(F)F)c(C(=O)N[C@@H]3CCCC[C@H]3c3ccccc3)cc21. The molecule has 2 aromatic carbocycles. The van der Waals surface area contributed by atoms with Crippen LogP contribution < -0.4 is 15.0 Å². The number of halogens is 3. The zero-order valence-electron chi connectivity index (χ0n) is 21.7. The summed E-state index contributed by atoms with van der Waals surface area (Å²) in [6.45, 7) is 5.47. The maximum atomic E-state index is 14.2. The Labute approximate surface area is 216 Å². The minimum Gasteiger partial charge on any atom is -0.476 e. The summed E-state index contributed by atoms with van der Waals surface area (Å²) in [5, 5.41) is 2.91. The van der Waals surface area contributed by atoms with Gasteiger partial charge in [-0.05, 0) is 50.8 Å². The van der Waals surface area contributed by atoms with Gasteiger partial charge in [-0.2, -0.15) is 13.2 Å². The van der Waals surface area contributed by atoms with Crippen molar-refractivity contribution in [1.29, 1.82) is 0 Å².